The largest absolute Gasteiger partial charge is 0.338 e. The summed E-state index contributed by atoms with van der Waals surface area (Å²) in [5, 5.41) is 13.3. The molecule has 0 spiro atoms. The summed E-state index contributed by atoms with van der Waals surface area (Å²) in [6.45, 7) is 4.65. The van der Waals surface area contributed by atoms with E-state index in [-0.39, 0.29) is 14.9 Å². The smallest absolute Gasteiger partial charge is 0.0494 e. The lowest BCUT2D eigenvalue weighted by Crippen LogP contribution is -2.03. The third kappa shape index (κ3) is 5.35. The monoisotopic (exact) mass is 635 g/mol. The van der Waals surface area contributed by atoms with E-state index in [1.807, 2.05) is 0 Å². The fourth-order valence-electron chi connectivity index (χ4n) is 8.03. The molecule has 1 atom stereocenters. The van der Waals surface area contributed by atoms with Gasteiger partial charge in [-0.2, -0.15) is 0 Å². The Bertz CT molecular complexity index is 2350. The van der Waals surface area contributed by atoms with Crippen LogP contribution in [0, 0.1) is 0 Å². The van der Waals surface area contributed by atoms with Gasteiger partial charge < -0.3 is 4.57 Å². The van der Waals surface area contributed by atoms with E-state index >= 15 is 0 Å². The molecular formula is C48H45N. The van der Waals surface area contributed by atoms with Crippen molar-refractivity contribution in [2.45, 2.75) is 54.0 Å². The van der Waals surface area contributed by atoms with Crippen molar-refractivity contribution in [2.75, 3.05) is 0 Å². The number of rotatable bonds is 6. The van der Waals surface area contributed by atoms with E-state index in [9.17, 15) is 0 Å². The molecule has 0 fully saturated rings. The van der Waals surface area contributed by atoms with Crippen LogP contribution in [0.4, 0.5) is 0 Å². The van der Waals surface area contributed by atoms with Gasteiger partial charge in [-0.05, 0) is 128 Å². The molecule has 1 unspecified atom stereocenters. The molecule has 0 saturated carbocycles. The van der Waals surface area contributed by atoms with Crippen LogP contribution < -0.4 is 0 Å². The molecule has 0 N–H and O–H groups in total. The van der Waals surface area contributed by atoms with E-state index in [1.54, 1.807) is 0 Å². The highest BCUT2D eigenvalue weighted by molar-refractivity contribution is 6.09. The number of hydrogen-bond donors (Lipinski definition) is 0. The molecule has 1 heteroatoms. The molecule has 49 heavy (non-hydrogen) atoms. The molecule has 0 saturated heterocycles. The Kier molecular flexibility index (Phi) is 8.47. The molecule has 242 valence electrons. The summed E-state index contributed by atoms with van der Waals surface area (Å²) in [5.74, 6) is 0. The summed E-state index contributed by atoms with van der Waals surface area (Å²) >= 11 is 0. The van der Waals surface area contributed by atoms with Gasteiger partial charge in [0.1, 0.15) is 0 Å². The maximum atomic E-state index is 2.57. The highest BCUT2D eigenvalue weighted by Gasteiger charge is 2.17. The molecule has 9 rings (SSSR count). The van der Waals surface area contributed by atoms with Gasteiger partial charge in [-0.3, -0.25) is 0 Å². The molecule has 0 aliphatic heterocycles. The van der Waals surface area contributed by atoms with Gasteiger partial charge >= 0.3 is 0 Å². The highest BCUT2D eigenvalue weighted by atomic mass is 15.0. The average molecular weight is 636 g/mol. The molecule has 1 nitrogen and oxygen atoms in total. The molecular weight excluding hydrogens is 591 g/mol. The minimum absolute atomic E-state index is 0. The molecule has 0 radical (unpaired) electrons. The Labute approximate surface area is 290 Å². The first-order valence-corrected chi connectivity index (χ1v) is 17.0. The van der Waals surface area contributed by atoms with Crippen molar-refractivity contribution in [1.82, 2.24) is 4.57 Å². The number of nitrogens with zero attached hydrogens (tertiary/aromatic N) is 1. The number of hydrogen-bond acceptors (Lipinski definition) is 0. The van der Waals surface area contributed by atoms with Crippen molar-refractivity contribution in [1.29, 1.82) is 0 Å². The second-order valence-corrected chi connectivity index (χ2v) is 13.3. The number of benzene rings is 8. The maximum Gasteiger partial charge on any atom is 0.0494 e. The van der Waals surface area contributed by atoms with Crippen molar-refractivity contribution in [3.8, 4) is 0 Å². The van der Waals surface area contributed by atoms with Gasteiger partial charge in [0.2, 0.25) is 0 Å². The molecule has 0 aliphatic carbocycles. The van der Waals surface area contributed by atoms with Crippen molar-refractivity contribution in [3.05, 3.63) is 168 Å². The molecule has 1 aromatic heterocycles. The summed E-state index contributed by atoms with van der Waals surface area (Å²) in [6, 6.07) is 54.9. The summed E-state index contributed by atoms with van der Waals surface area (Å²) in [5.41, 5.74) is 8.18. The van der Waals surface area contributed by atoms with Crippen LogP contribution in [-0.4, -0.2) is 4.57 Å². The van der Waals surface area contributed by atoms with Crippen LogP contribution in [0.5, 0.6) is 0 Å². The predicted molar refractivity (Wildman–Crippen MR) is 216 cm³/mol. The molecule has 9 aromatic rings. The number of aromatic nitrogens is 1. The Morgan fingerprint density at radius 2 is 0.776 bits per heavy atom. The lowest BCUT2D eigenvalue weighted by molar-refractivity contribution is 0.563. The SMILES string of the molecule is C.C.CCC(C)n1c2ccc(Cc3c4ccccc4cc4ccccc34)cc2c2cc(Cc3c4ccccc4cc4ccccc34)ccc21. The second kappa shape index (κ2) is 12.9. The average Bonchev–Trinajstić information content (AvgIpc) is 3.44. The lowest BCUT2D eigenvalue weighted by atomic mass is 9.91. The van der Waals surface area contributed by atoms with Crippen molar-refractivity contribution in [3.63, 3.8) is 0 Å². The van der Waals surface area contributed by atoms with E-state index in [0.717, 1.165) is 19.3 Å². The number of fused-ring (bicyclic) bond motifs is 7. The van der Waals surface area contributed by atoms with E-state index in [4.69, 9.17) is 0 Å². The topological polar surface area (TPSA) is 4.93 Å². The van der Waals surface area contributed by atoms with Crippen LogP contribution in [0.3, 0.4) is 0 Å². The molecule has 1 heterocycles. The summed E-state index contributed by atoms with van der Waals surface area (Å²) in [7, 11) is 0. The zero-order valence-electron chi connectivity index (χ0n) is 27.0. The maximum absolute atomic E-state index is 2.57. The van der Waals surface area contributed by atoms with E-state index in [1.165, 1.54) is 87.1 Å². The molecule has 8 aromatic carbocycles. The summed E-state index contributed by atoms with van der Waals surface area (Å²) < 4.78 is 2.57. The highest BCUT2D eigenvalue weighted by Crippen LogP contribution is 2.37. The first-order valence-electron chi connectivity index (χ1n) is 17.0. The van der Waals surface area contributed by atoms with Gasteiger partial charge in [0, 0.05) is 27.8 Å². The second-order valence-electron chi connectivity index (χ2n) is 13.3. The van der Waals surface area contributed by atoms with E-state index in [2.05, 4.69) is 164 Å². The van der Waals surface area contributed by atoms with Crippen LogP contribution in [0.1, 0.15) is 63.4 Å². The minimum atomic E-state index is 0. The van der Waals surface area contributed by atoms with Gasteiger partial charge in [-0.1, -0.05) is 131 Å². The minimum Gasteiger partial charge on any atom is -0.338 e. The standard InChI is InChI=1S/C46H37N.2CH4/c1-3-30(2)47-45-22-20-31(24-41-37-16-8-4-12-33(37)28-34-13-5-9-17-38(34)41)26-43(45)44-27-32(21-23-46(44)47)25-42-39-18-10-6-14-35(39)29-36-15-7-11-19-40(36)42;;/h4-23,26-30H,3,24-25H2,1-2H3;2*1H4. The Hall–Kier alpha value is -5.40. The van der Waals surface area contributed by atoms with Crippen LogP contribution in [0.2, 0.25) is 0 Å². The van der Waals surface area contributed by atoms with E-state index in [0.29, 0.717) is 6.04 Å². The van der Waals surface area contributed by atoms with Crippen LogP contribution in [0.15, 0.2) is 146 Å². The van der Waals surface area contributed by atoms with Gasteiger partial charge in [0.05, 0.1) is 0 Å². The van der Waals surface area contributed by atoms with Crippen LogP contribution >= 0.6 is 0 Å². The Morgan fingerprint density at radius 3 is 1.12 bits per heavy atom. The van der Waals surface area contributed by atoms with Gasteiger partial charge in [-0.25, -0.2) is 0 Å². The fourth-order valence-corrected chi connectivity index (χ4v) is 8.03. The third-order valence-electron chi connectivity index (χ3n) is 10.5. The predicted octanol–water partition coefficient (Wildman–Crippen LogP) is 13.8. The fraction of sp³-hybridized carbons (Fsp3) is 0.167. The van der Waals surface area contributed by atoms with E-state index < -0.39 is 0 Å². The zero-order valence-corrected chi connectivity index (χ0v) is 27.0. The molecule has 0 aliphatic rings. The first-order chi connectivity index (χ1) is 23.2. The summed E-state index contributed by atoms with van der Waals surface area (Å²) in [4.78, 5) is 0. The van der Waals surface area contributed by atoms with Crippen LogP contribution in [-0.2, 0) is 12.8 Å². The van der Waals surface area contributed by atoms with Gasteiger partial charge in [0.25, 0.3) is 0 Å². The van der Waals surface area contributed by atoms with Crippen molar-refractivity contribution >= 4 is 64.9 Å². The quantitative estimate of drug-likeness (QED) is 0.160. The molecule has 0 bridgehead atoms. The Balaban J connectivity index is 0.00000189. The van der Waals surface area contributed by atoms with Crippen LogP contribution in [0.25, 0.3) is 64.9 Å². The van der Waals surface area contributed by atoms with Crippen molar-refractivity contribution in [2.24, 2.45) is 0 Å². The van der Waals surface area contributed by atoms with Crippen molar-refractivity contribution < 1.29 is 0 Å². The summed E-state index contributed by atoms with van der Waals surface area (Å²) in [6.07, 6.45) is 2.89. The zero-order chi connectivity index (χ0) is 31.5. The third-order valence-corrected chi connectivity index (χ3v) is 10.5. The lowest BCUT2D eigenvalue weighted by Gasteiger charge is -2.16. The van der Waals surface area contributed by atoms with Gasteiger partial charge in [0.15, 0.2) is 0 Å². The Morgan fingerprint density at radius 1 is 0.429 bits per heavy atom. The normalized spacial score (nSPS) is 12.1. The first kappa shape index (κ1) is 32.2. The molecule has 0 amide bonds. The van der Waals surface area contributed by atoms with Gasteiger partial charge in [-0.15, -0.1) is 0 Å².